The summed E-state index contributed by atoms with van der Waals surface area (Å²) in [6, 6.07) is 7.50. The number of carbonyl (C=O) groups is 1. The van der Waals surface area contributed by atoms with Gasteiger partial charge in [0.15, 0.2) is 0 Å². The maximum absolute atomic E-state index is 12.0. The Morgan fingerprint density at radius 2 is 2.22 bits per heavy atom. The predicted molar refractivity (Wildman–Crippen MR) is 70.5 cm³/mol. The SMILES string of the molecule is CN1CC(=O)N(CCCN)c2ccc(C#N)cc21. The van der Waals surface area contributed by atoms with Gasteiger partial charge in [-0.25, -0.2) is 0 Å². The maximum Gasteiger partial charge on any atom is 0.246 e. The predicted octanol–water partition coefficient (Wildman–Crippen LogP) is 0.690. The molecule has 0 atom stereocenters. The van der Waals surface area contributed by atoms with Crippen molar-refractivity contribution in [3.05, 3.63) is 23.8 Å². The minimum atomic E-state index is 0.0724. The molecule has 0 saturated carbocycles. The molecule has 0 bridgehead atoms. The summed E-state index contributed by atoms with van der Waals surface area (Å²) in [6.07, 6.45) is 0.773. The summed E-state index contributed by atoms with van der Waals surface area (Å²) in [4.78, 5) is 15.6. The van der Waals surface area contributed by atoms with Crippen LogP contribution < -0.4 is 15.5 Å². The Balaban J connectivity index is 2.39. The summed E-state index contributed by atoms with van der Waals surface area (Å²) in [5.41, 5.74) is 7.88. The van der Waals surface area contributed by atoms with Gasteiger partial charge in [-0.3, -0.25) is 4.79 Å². The molecule has 0 fully saturated rings. The molecule has 18 heavy (non-hydrogen) atoms. The summed E-state index contributed by atoms with van der Waals surface area (Å²) < 4.78 is 0. The smallest absolute Gasteiger partial charge is 0.246 e. The Morgan fingerprint density at radius 3 is 2.89 bits per heavy atom. The van der Waals surface area contributed by atoms with E-state index in [1.807, 2.05) is 24.1 Å². The Labute approximate surface area is 106 Å². The quantitative estimate of drug-likeness (QED) is 0.849. The molecule has 1 heterocycles. The molecule has 1 aromatic rings. The van der Waals surface area contributed by atoms with Gasteiger partial charge in [0.2, 0.25) is 5.91 Å². The highest BCUT2D eigenvalue weighted by atomic mass is 16.2. The normalized spacial score (nSPS) is 14.4. The number of anilines is 2. The average molecular weight is 244 g/mol. The Morgan fingerprint density at radius 1 is 1.44 bits per heavy atom. The minimum Gasteiger partial charge on any atom is -0.364 e. The lowest BCUT2D eigenvalue weighted by Gasteiger charge is -2.35. The van der Waals surface area contributed by atoms with Gasteiger partial charge in [-0.2, -0.15) is 5.26 Å². The third-order valence-electron chi connectivity index (χ3n) is 3.07. The van der Waals surface area contributed by atoms with Gasteiger partial charge in [-0.15, -0.1) is 0 Å². The molecule has 0 unspecified atom stereocenters. The fourth-order valence-corrected chi connectivity index (χ4v) is 2.13. The second kappa shape index (κ2) is 5.07. The summed E-state index contributed by atoms with van der Waals surface area (Å²) in [5, 5.41) is 8.92. The first kappa shape index (κ1) is 12.4. The minimum absolute atomic E-state index is 0.0724. The van der Waals surface area contributed by atoms with Crippen molar-refractivity contribution >= 4 is 17.3 Å². The van der Waals surface area contributed by atoms with Gasteiger partial charge in [-0.05, 0) is 31.2 Å². The van der Waals surface area contributed by atoms with E-state index >= 15 is 0 Å². The maximum atomic E-state index is 12.0. The number of hydrogen-bond acceptors (Lipinski definition) is 4. The molecule has 0 aromatic heterocycles. The van der Waals surface area contributed by atoms with E-state index in [0.717, 1.165) is 17.8 Å². The topological polar surface area (TPSA) is 73.4 Å². The number of amides is 1. The standard InChI is InChI=1S/C13H16N4O/c1-16-9-13(18)17(6-2-5-14)11-4-3-10(8-15)7-12(11)16/h3-4,7H,2,5-6,9,14H2,1H3. The van der Waals surface area contributed by atoms with Crippen LogP contribution in [0.2, 0.25) is 0 Å². The van der Waals surface area contributed by atoms with E-state index in [1.165, 1.54) is 0 Å². The molecule has 5 heteroatoms. The molecule has 2 N–H and O–H groups in total. The molecule has 1 aliphatic rings. The van der Waals surface area contributed by atoms with Crippen molar-refractivity contribution in [1.29, 1.82) is 5.26 Å². The summed E-state index contributed by atoms with van der Waals surface area (Å²) in [7, 11) is 1.86. The van der Waals surface area contributed by atoms with E-state index in [9.17, 15) is 4.79 Å². The van der Waals surface area contributed by atoms with E-state index in [4.69, 9.17) is 11.0 Å². The van der Waals surface area contributed by atoms with Crippen molar-refractivity contribution in [2.75, 3.05) is 36.5 Å². The van der Waals surface area contributed by atoms with Crippen molar-refractivity contribution in [1.82, 2.24) is 0 Å². The largest absolute Gasteiger partial charge is 0.364 e. The second-order valence-electron chi connectivity index (χ2n) is 4.36. The monoisotopic (exact) mass is 244 g/mol. The first-order valence-corrected chi connectivity index (χ1v) is 5.93. The molecule has 94 valence electrons. The van der Waals surface area contributed by atoms with Crippen LogP contribution in [0.5, 0.6) is 0 Å². The van der Waals surface area contributed by atoms with Crippen LogP contribution in [0.15, 0.2) is 18.2 Å². The Hall–Kier alpha value is -2.06. The number of nitrogens with two attached hydrogens (primary N) is 1. The van der Waals surface area contributed by atoms with Crippen LogP contribution in [-0.4, -0.2) is 32.6 Å². The van der Waals surface area contributed by atoms with Gasteiger partial charge in [0.05, 0.1) is 29.6 Å². The number of carbonyl (C=O) groups excluding carboxylic acids is 1. The number of rotatable bonds is 3. The first-order chi connectivity index (χ1) is 8.67. The molecule has 1 aliphatic heterocycles. The number of fused-ring (bicyclic) bond motifs is 1. The molecular weight excluding hydrogens is 228 g/mol. The molecule has 5 nitrogen and oxygen atoms in total. The zero-order valence-corrected chi connectivity index (χ0v) is 10.4. The Bertz CT molecular complexity index is 506. The zero-order chi connectivity index (χ0) is 13.1. The number of hydrogen-bond donors (Lipinski definition) is 1. The van der Waals surface area contributed by atoms with Crippen molar-refractivity contribution in [2.45, 2.75) is 6.42 Å². The van der Waals surface area contributed by atoms with Crippen LogP contribution in [0.3, 0.4) is 0 Å². The fraction of sp³-hybridized carbons (Fsp3) is 0.385. The number of nitrogens with zero attached hydrogens (tertiary/aromatic N) is 3. The lowest BCUT2D eigenvalue weighted by atomic mass is 10.1. The number of benzene rings is 1. The third kappa shape index (κ3) is 2.15. The van der Waals surface area contributed by atoms with Crippen LogP contribution in [0.4, 0.5) is 11.4 Å². The molecule has 1 aromatic carbocycles. The van der Waals surface area contributed by atoms with Gasteiger partial charge in [0.1, 0.15) is 0 Å². The van der Waals surface area contributed by atoms with Crippen LogP contribution in [-0.2, 0) is 4.79 Å². The van der Waals surface area contributed by atoms with E-state index in [-0.39, 0.29) is 5.91 Å². The van der Waals surface area contributed by atoms with Gasteiger partial charge in [0.25, 0.3) is 0 Å². The lowest BCUT2D eigenvalue weighted by molar-refractivity contribution is -0.117. The number of likely N-dealkylation sites (N-methyl/N-ethyl adjacent to an activating group) is 1. The molecule has 0 radical (unpaired) electrons. The molecule has 2 rings (SSSR count). The summed E-state index contributed by atoms with van der Waals surface area (Å²) >= 11 is 0. The zero-order valence-electron chi connectivity index (χ0n) is 10.4. The first-order valence-electron chi connectivity index (χ1n) is 5.93. The van der Waals surface area contributed by atoms with Crippen molar-refractivity contribution in [3.8, 4) is 6.07 Å². The van der Waals surface area contributed by atoms with Crippen molar-refractivity contribution in [2.24, 2.45) is 5.73 Å². The fourth-order valence-electron chi connectivity index (χ4n) is 2.13. The molecule has 0 aliphatic carbocycles. The highest BCUT2D eigenvalue weighted by Gasteiger charge is 2.26. The van der Waals surface area contributed by atoms with Gasteiger partial charge in [0, 0.05) is 13.6 Å². The van der Waals surface area contributed by atoms with Gasteiger partial charge in [-0.1, -0.05) is 0 Å². The molecular formula is C13H16N4O. The van der Waals surface area contributed by atoms with Crippen LogP contribution in [0.1, 0.15) is 12.0 Å². The second-order valence-corrected chi connectivity index (χ2v) is 4.36. The lowest BCUT2D eigenvalue weighted by Crippen LogP contribution is -2.45. The van der Waals surface area contributed by atoms with E-state index < -0.39 is 0 Å². The van der Waals surface area contributed by atoms with Crippen LogP contribution >= 0.6 is 0 Å². The van der Waals surface area contributed by atoms with Gasteiger partial charge < -0.3 is 15.5 Å². The Kier molecular flexibility index (Phi) is 3.49. The summed E-state index contributed by atoms with van der Waals surface area (Å²) in [5.74, 6) is 0.0724. The van der Waals surface area contributed by atoms with E-state index in [1.54, 1.807) is 11.0 Å². The van der Waals surface area contributed by atoms with Crippen LogP contribution in [0, 0.1) is 11.3 Å². The molecule has 0 saturated heterocycles. The average Bonchev–Trinajstić information content (AvgIpc) is 2.38. The highest BCUT2D eigenvalue weighted by molar-refractivity contribution is 6.03. The molecule has 1 amide bonds. The van der Waals surface area contributed by atoms with Crippen molar-refractivity contribution in [3.63, 3.8) is 0 Å². The van der Waals surface area contributed by atoms with E-state index in [2.05, 4.69) is 6.07 Å². The van der Waals surface area contributed by atoms with Gasteiger partial charge >= 0.3 is 0 Å². The third-order valence-corrected chi connectivity index (χ3v) is 3.07. The van der Waals surface area contributed by atoms with Crippen LogP contribution in [0.25, 0.3) is 0 Å². The molecule has 0 spiro atoms. The van der Waals surface area contributed by atoms with E-state index in [0.29, 0.717) is 25.2 Å². The number of nitriles is 1. The van der Waals surface area contributed by atoms with Crippen molar-refractivity contribution < 1.29 is 4.79 Å². The summed E-state index contributed by atoms with van der Waals surface area (Å²) in [6.45, 7) is 1.53. The highest BCUT2D eigenvalue weighted by Crippen LogP contribution is 2.33.